The van der Waals surface area contributed by atoms with Crippen LogP contribution in [0.4, 0.5) is 11.5 Å². The molecule has 1 heterocycles. The quantitative estimate of drug-likeness (QED) is 0.721. The zero-order valence-electron chi connectivity index (χ0n) is 10.8. The molecule has 2 nitrogen and oxygen atoms in total. The second-order valence-electron chi connectivity index (χ2n) is 4.30. The van der Waals surface area contributed by atoms with E-state index in [1.54, 1.807) is 6.20 Å². The Labute approximate surface area is 127 Å². The van der Waals surface area contributed by atoms with Crippen molar-refractivity contribution in [2.75, 3.05) is 11.4 Å². The first-order valence-electron chi connectivity index (χ1n) is 6.36. The molecule has 0 spiro atoms. The molecule has 1 aromatic carbocycles. The minimum Gasteiger partial charge on any atom is -0.325 e. The van der Waals surface area contributed by atoms with Crippen molar-refractivity contribution in [3.05, 3.63) is 52.1 Å². The monoisotopic (exact) mass is 338 g/mol. The second-order valence-corrected chi connectivity index (χ2v) is 5.62. The van der Waals surface area contributed by atoms with Gasteiger partial charge in [0.1, 0.15) is 0 Å². The lowest BCUT2D eigenvalue weighted by atomic mass is 10.2. The molecule has 0 fully saturated rings. The van der Waals surface area contributed by atoms with Crippen LogP contribution in [0.2, 0.25) is 5.02 Å². The van der Waals surface area contributed by atoms with Crippen molar-refractivity contribution in [3.63, 3.8) is 0 Å². The summed E-state index contributed by atoms with van der Waals surface area (Å²) in [7, 11) is 0. The Morgan fingerprint density at radius 3 is 2.63 bits per heavy atom. The van der Waals surface area contributed by atoms with Crippen molar-refractivity contribution in [3.8, 4) is 0 Å². The van der Waals surface area contributed by atoms with Crippen LogP contribution in [-0.2, 0) is 0 Å². The van der Waals surface area contributed by atoms with Crippen LogP contribution in [0.5, 0.6) is 0 Å². The normalized spacial score (nSPS) is 10.5. The van der Waals surface area contributed by atoms with Crippen molar-refractivity contribution >= 4 is 39.0 Å². The molecule has 0 N–H and O–H groups in total. The molecule has 2 aromatic rings. The lowest BCUT2D eigenvalue weighted by Crippen LogP contribution is -2.19. The van der Waals surface area contributed by atoms with Gasteiger partial charge >= 0.3 is 0 Å². The Bertz CT molecular complexity index is 531. The van der Waals surface area contributed by atoms with Crippen molar-refractivity contribution in [2.24, 2.45) is 0 Å². The Balaban J connectivity index is 2.37. The Hall–Kier alpha value is -1.06. The number of unbranched alkanes of at least 4 members (excludes halogenated alkanes) is 1. The minimum atomic E-state index is 0.661. The highest BCUT2D eigenvalue weighted by Crippen LogP contribution is 2.31. The molecule has 0 saturated heterocycles. The third-order valence-corrected chi connectivity index (χ3v) is 3.56. The van der Waals surface area contributed by atoms with Gasteiger partial charge in [-0.1, -0.05) is 43.1 Å². The van der Waals surface area contributed by atoms with Crippen LogP contribution >= 0.6 is 27.5 Å². The summed E-state index contributed by atoms with van der Waals surface area (Å²) in [5.41, 5.74) is 1.12. The average Bonchev–Trinajstić information content (AvgIpc) is 2.42. The molecule has 2 rings (SSSR count). The number of anilines is 2. The molecule has 0 amide bonds. The molecule has 0 atom stereocenters. The Morgan fingerprint density at radius 1 is 1.26 bits per heavy atom. The van der Waals surface area contributed by atoms with Gasteiger partial charge in [0.05, 0.1) is 5.02 Å². The van der Waals surface area contributed by atoms with E-state index in [0.29, 0.717) is 5.02 Å². The summed E-state index contributed by atoms with van der Waals surface area (Å²) >= 11 is 9.71. The highest BCUT2D eigenvalue weighted by atomic mass is 79.9. The summed E-state index contributed by atoms with van der Waals surface area (Å²) in [5.74, 6) is 0.810. The maximum Gasteiger partial charge on any atom is 0.151 e. The van der Waals surface area contributed by atoms with Gasteiger partial charge in [-0.05, 0) is 40.5 Å². The van der Waals surface area contributed by atoms with E-state index in [-0.39, 0.29) is 0 Å². The third kappa shape index (κ3) is 3.71. The van der Waals surface area contributed by atoms with E-state index in [1.807, 2.05) is 24.3 Å². The molecule has 1 aromatic heterocycles. The highest BCUT2D eigenvalue weighted by Gasteiger charge is 2.13. The zero-order chi connectivity index (χ0) is 13.7. The van der Waals surface area contributed by atoms with Crippen molar-refractivity contribution in [2.45, 2.75) is 19.8 Å². The molecule has 0 saturated carbocycles. The topological polar surface area (TPSA) is 16.1 Å². The van der Waals surface area contributed by atoms with Crippen LogP contribution in [-0.4, -0.2) is 11.5 Å². The number of aromatic nitrogens is 1. The SMILES string of the molecule is CCCCN(c1ccccc1)c1ncc(Br)cc1Cl. The number of benzene rings is 1. The van der Waals surface area contributed by atoms with Gasteiger partial charge in [0.2, 0.25) is 0 Å². The molecule has 0 radical (unpaired) electrons. The van der Waals surface area contributed by atoms with E-state index in [9.17, 15) is 0 Å². The molecule has 0 aliphatic carbocycles. The summed E-state index contributed by atoms with van der Waals surface area (Å²) in [4.78, 5) is 6.62. The predicted molar refractivity (Wildman–Crippen MR) is 85.3 cm³/mol. The highest BCUT2D eigenvalue weighted by molar-refractivity contribution is 9.10. The Kier molecular flexibility index (Phi) is 5.23. The number of rotatable bonds is 5. The van der Waals surface area contributed by atoms with E-state index in [0.717, 1.165) is 35.4 Å². The molecule has 19 heavy (non-hydrogen) atoms. The first-order valence-corrected chi connectivity index (χ1v) is 7.53. The molecule has 0 unspecified atom stereocenters. The summed E-state index contributed by atoms with van der Waals surface area (Å²) < 4.78 is 0.893. The average molecular weight is 340 g/mol. The fourth-order valence-electron chi connectivity index (χ4n) is 1.89. The molecule has 0 aliphatic rings. The molecular formula is C15H16BrClN2. The molecule has 4 heteroatoms. The number of halogens is 2. The number of pyridine rings is 1. The Morgan fingerprint density at radius 2 is 2.00 bits per heavy atom. The summed E-state index contributed by atoms with van der Waals surface area (Å²) in [6, 6.07) is 12.1. The summed E-state index contributed by atoms with van der Waals surface area (Å²) in [6.07, 6.45) is 4.02. The van der Waals surface area contributed by atoms with Gasteiger partial charge in [0.15, 0.2) is 5.82 Å². The maximum absolute atomic E-state index is 6.32. The fraction of sp³-hybridized carbons (Fsp3) is 0.267. The van der Waals surface area contributed by atoms with Crippen LogP contribution in [0, 0.1) is 0 Å². The zero-order valence-corrected chi connectivity index (χ0v) is 13.2. The number of hydrogen-bond donors (Lipinski definition) is 0. The molecule has 100 valence electrons. The fourth-order valence-corrected chi connectivity index (χ4v) is 2.62. The number of para-hydroxylation sites is 1. The minimum absolute atomic E-state index is 0.661. The van der Waals surface area contributed by atoms with Crippen molar-refractivity contribution in [1.82, 2.24) is 4.98 Å². The lowest BCUT2D eigenvalue weighted by molar-refractivity contribution is 0.779. The van der Waals surface area contributed by atoms with E-state index in [1.165, 1.54) is 0 Å². The van der Waals surface area contributed by atoms with Gasteiger partial charge in [-0.25, -0.2) is 4.98 Å². The number of nitrogens with zero attached hydrogens (tertiary/aromatic N) is 2. The third-order valence-electron chi connectivity index (χ3n) is 2.85. The van der Waals surface area contributed by atoms with E-state index in [2.05, 4.69) is 44.9 Å². The van der Waals surface area contributed by atoms with Gasteiger partial charge in [0, 0.05) is 22.9 Å². The van der Waals surface area contributed by atoms with Crippen LogP contribution in [0.3, 0.4) is 0 Å². The van der Waals surface area contributed by atoms with Gasteiger partial charge < -0.3 is 4.90 Å². The largest absolute Gasteiger partial charge is 0.325 e. The van der Waals surface area contributed by atoms with Crippen molar-refractivity contribution in [1.29, 1.82) is 0 Å². The van der Waals surface area contributed by atoms with Gasteiger partial charge in [0.25, 0.3) is 0 Å². The maximum atomic E-state index is 6.32. The van der Waals surface area contributed by atoms with Crippen LogP contribution in [0.25, 0.3) is 0 Å². The van der Waals surface area contributed by atoms with Crippen LogP contribution in [0.15, 0.2) is 47.1 Å². The van der Waals surface area contributed by atoms with E-state index < -0.39 is 0 Å². The van der Waals surface area contributed by atoms with Gasteiger partial charge in [-0.15, -0.1) is 0 Å². The van der Waals surface area contributed by atoms with Gasteiger partial charge in [-0.2, -0.15) is 0 Å². The summed E-state index contributed by atoms with van der Waals surface area (Å²) in [5, 5.41) is 0.661. The van der Waals surface area contributed by atoms with E-state index in [4.69, 9.17) is 11.6 Å². The lowest BCUT2D eigenvalue weighted by Gasteiger charge is -2.24. The van der Waals surface area contributed by atoms with Crippen LogP contribution < -0.4 is 4.90 Å². The van der Waals surface area contributed by atoms with Crippen LogP contribution in [0.1, 0.15) is 19.8 Å². The van der Waals surface area contributed by atoms with E-state index >= 15 is 0 Å². The predicted octanol–water partition coefficient (Wildman–Crippen LogP) is 5.44. The summed E-state index contributed by atoms with van der Waals surface area (Å²) in [6.45, 7) is 3.09. The second kappa shape index (κ2) is 6.92. The molecule has 0 aliphatic heterocycles. The van der Waals surface area contributed by atoms with Crippen molar-refractivity contribution < 1.29 is 0 Å². The number of hydrogen-bond acceptors (Lipinski definition) is 2. The smallest absolute Gasteiger partial charge is 0.151 e. The van der Waals surface area contributed by atoms with Gasteiger partial charge in [-0.3, -0.25) is 0 Å². The first-order chi connectivity index (χ1) is 9.22. The molecular weight excluding hydrogens is 324 g/mol. The first kappa shape index (κ1) is 14.4. The molecule has 0 bridgehead atoms. The standard InChI is InChI=1S/C15H16BrClN2/c1-2-3-9-19(13-7-5-4-6-8-13)15-14(17)10-12(16)11-18-15/h4-8,10-11H,2-3,9H2,1H3.